The Balaban J connectivity index is 1.70. The third-order valence-electron chi connectivity index (χ3n) is 3.90. The largest absolute Gasteiger partial charge is 0.444 e. The number of amides is 1. The molecule has 0 heterocycles. The van der Waals surface area contributed by atoms with Gasteiger partial charge in [0.05, 0.1) is 0 Å². The first kappa shape index (κ1) is 17.8. The monoisotopic (exact) mass is 318 g/mol. The summed E-state index contributed by atoms with van der Waals surface area (Å²) in [4.78, 5) is 11.6. The van der Waals surface area contributed by atoms with Gasteiger partial charge in [0.2, 0.25) is 0 Å². The van der Waals surface area contributed by atoms with E-state index in [-0.39, 0.29) is 6.09 Å². The number of nitrogens with one attached hydrogen (secondary N) is 2. The quantitative estimate of drug-likeness (QED) is 0.799. The maximum atomic E-state index is 11.6. The number of hydrogen-bond acceptors (Lipinski definition) is 3. The average Bonchev–Trinajstić information content (AvgIpc) is 3.26. The van der Waals surface area contributed by atoms with Crippen molar-refractivity contribution in [1.29, 1.82) is 0 Å². The molecule has 0 bridgehead atoms. The maximum Gasteiger partial charge on any atom is 0.407 e. The Hall–Kier alpha value is -1.55. The predicted octanol–water partition coefficient (Wildman–Crippen LogP) is 3.99. The van der Waals surface area contributed by atoms with E-state index >= 15 is 0 Å². The van der Waals surface area contributed by atoms with Crippen LogP contribution in [-0.2, 0) is 17.8 Å². The summed E-state index contributed by atoms with van der Waals surface area (Å²) in [7, 11) is 0. The molecule has 0 radical (unpaired) electrons. The topological polar surface area (TPSA) is 50.4 Å². The highest BCUT2D eigenvalue weighted by atomic mass is 16.6. The van der Waals surface area contributed by atoms with Crippen LogP contribution in [-0.4, -0.2) is 17.7 Å². The highest BCUT2D eigenvalue weighted by Crippen LogP contribution is 2.33. The van der Waals surface area contributed by atoms with Gasteiger partial charge in [0.15, 0.2) is 0 Å². The molecule has 128 valence electrons. The maximum absolute atomic E-state index is 11.6. The van der Waals surface area contributed by atoms with E-state index in [1.54, 1.807) is 0 Å². The molecular formula is C19H30N2O2. The standard InChI is InChI=1S/C19H30N2O2/c1-14(11-15-5-6-15)20-12-16-7-9-17(10-8-16)13-21-18(22)23-19(2,3)4/h7-10,14-15,20H,5-6,11-13H2,1-4H3,(H,21,22). The molecular weight excluding hydrogens is 288 g/mol. The molecule has 0 aliphatic heterocycles. The summed E-state index contributed by atoms with van der Waals surface area (Å²) in [5.41, 5.74) is 1.89. The zero-order valence-corrected chi connectivity index (χ0v) is 14.8. The summed E-state index contributed by atoms with van der Waals surface area (Å²) >= 11 is 0. The molecule has 0 saturated heterocycles. The highest BCUT2D eigenvalue weighted by molar-refractivity contribution is 5.67. The summed E-state index contributed by atoms with van der Waals surface area (Å²) in [6.45, 7) is 9.22. The van der Waals surface area contributed by atoms with Crippen molar-refractivity contribution in [2.24, 2.45) is 5.92 Å². The summed E-state index contributed by atoms with van der Waals surface area (Å²) in [5.74, 6) is 0.957. The lowest BCUT2D eigenvalue weighted by Crippen LogP contribution is -2.32. The van der Waals surface area contributed by atoms with Crippen LogP contribution < -0.4 is 10.6 Å². The van der Waals surface area contributed by atoms with E-state index in [4.69, 9.17) is 4.74 Å². The minimum absolute atomic E-state index is 0.378. The fraction of sp³-hybridized carbons (Fsp3) is 0.632. The average molecular weight is 318 g/mol. The van der Waals surface area contributed by atoms with Crippen LogP contribution >= 0.6 is 0 Å². The number of carbonyl (C=O) groups excluding carboxylic acids is 1. The number of rotatable bonds is 7. The lowest BCUT2D eigenvalue weighted by atomic mass is 10.1. The van der Waals surface area contributed by atoms with Crippen LogP contribution in [0.2, 0.25) is 0 Å². The second kappa shape index (κ2) is 7.82. The van der Waals surface area contributed by atoms with Crippen LogP contribution in [0.3, 0.4) is 0 Å². The molecule has 0 spiro atoms. The van der Waals surface area contributed by atoms with Gasteiger partial charge in [-0.1, -0.05) is 37.1 Å². The molecule has 1 amide bonds. The molecule has 1 fully saturated rings. The Kier molecular flexibility index (Phi) is 6.05. The second-order valence-corrected chi connectivity index (χ2v) is 7.63. The molecule has 4 nitrogen and oxygen atoms in total. The zero-order valence-electron chi connectivity index (χ0n) is 14.8. The normalized spacial score (nSPS) is 16.0. The minimum Gasteiger partial charge on any atom is -0.444 e. The van der Waals surface area contributed by atoms with Crippen molar-refractivity contribution in [3.8, 4) is 0 Å². The summed E-state index contributed by atoms with van der Waals surface area (Å²) < 4.78 is 5.22. The lowest BCUT2D eigenvalue weighted by Gasteiger charge is -2.19. The molecule has 1 aromatic carbocycles. The minimum atomic E-state index is -0.462. The third-order valence-corrected chi connectivity index (χ3v) is 3.90. The number of alkyl carbamates (subject to hydrolysis) is 1. The Labute approximate surface area is 140 Å². The Bertz CT molecular complexity index is 501. The summed E-state index contributed by atoms with van der Waals surface area (Å²) in [6.07, 6.45) is 3.73. The van der Waals surface area contributed by atoms with E-state index in [2.05, 4.69) is 41.8 Å². The van der Waals surface area contributed by atoms with Crippen molar-refractivity contribution in [3.63, 3.8) is 0 Å². The van der Waals surface area contributed by atoms with Gasteiger partial charge in [0, 0.05) is 19.1 Å². The predicted molar refractivity (Wildman–Crippen MR) is 93.2 cm³/mol. The fourth-order valence-corrected chi connectivity index (χ4v) is 2.49. The number of ether oxygens (including phenoxy) is 1. The third kappa shape index (κ3) is 7.51. The molecule has 2 rings (SSSR count). The van der Waals surface area contributed by atoms with Gasteiger partial charge in [-0.05, 0) is 51.2 Å². The van der Waals surface area contributed by atoms with Crippen molar-refractivity contribution in [1.82, 2.24) is 10.6 Å². The number of benzene rings is 1. The van der Waals surface area contributed by atoms with Crippen molar-refractivity contribution < 1.29 is 9.53 Å². The summed E-state index contributed by atoms with van der Waals surface area (Å²) in [6, 6.07) is 8.92. The van der Waals surface area contributed by atoms with Gasteiger partial charge in [0.25, 0.3) is 0 Å². The number of hydrogen-bond donors (Lipinski definition) is 2. The van der Waals surface area contributed by atoms with Crippen molar-refractivity contribution in [2.75, 3.05) is 0 Å². The first-order chi connectivity index (χ1) is 10.8. The van der Waals surface area contributed by atoms with Crippen LogP contribution in [0.4, 0.5) is 4.79 Å². The molecule has 0 aromatic heterocycles. The molecule has 1 saturated carbocycles. The van der Waals surface area contributed by atoms with E-state index in [0.717, 1.165) is 18.0 Å². The van der Waals surface area contributed by atoms with Crippen molar-refractivity contribution >= 4 is 6.09 Å². The van der Waals surface area contributed by atoms with Crippen LogP contribution in [0.15, 0.2) is 24.3 Å². The molecule has 1 aliphatic carbocycles. The Morgan fingerprint density at radius 2 is 1.74 bits per heavy atom. The molecule has 1 atom stereocenters. The van der Waals surface area contributed by atoms with E-state index in [9.17, 15) is 4.79 Å². The van der Waals surface area contributed by atoms with Crippen LogP contribution in [0.25, 0.3) is 0 Å². The molecule has 1 aliphatic rings. The number of carbonyl (C=O) groups is 1. The van der Waals surface area contributed by atoms with E-state index in [1.165, 1.54) is 24.8 Å². The Morgan fingerprint density at radius 1 is 1.17 bits per heavy atom. The molecule has 4 heteroatoms. The first-order valence-corrected chi connectivity index (χ1v) is 8.60. The first-order valence-electron chi connectivity index (χ1n) is 8.60. The van der Waals surface area contributed by atoms with Gasteiger partial charge in [0.1, 0.15) is 5.60 Å². The van der Waals surface area contributed by atoms with Crippen molar-refractivity contribution in [3.05, 3.63) is 35.4 Å². The molecule has 23 heavy (non-hydrogen) atoms. The van der Waals surface area contributed by atoms with E-state index in [0.29, 0.717) is 12.6 Å². The van der Waals surface area contributed by atoms with Gasteiger partial charge in [-0.2, -0.15) is 0 Å². The van der Waals surface area contributed by atoms with Crippen LogP contribution in [0, 0.1) is 5.92 Å². The molecule has 1 unspecified atom stereocenters. The zero-order chi connectivity index (χ0) is 16.9. The Morgan fingerprint density at radius 3 is 2.26 bits per heavy atom. The van der Waals surface area contributed by atoms with Gasteiger partial charge in [-0.3, -0.25) is 0 Å². The van der Waals surface area contributed by atoms with Crippen molar-refractivity contribution in [2.45, 2.75) is 71.7 Å². The van der Waals surface area contributed by atoms with Gasteiger partial charge in [-0.25, -0.2) is 4.79 Å². The van der Waals surface area contributed by atoms with Gasteiger partial charge < -0.3 is 15.4 Å². The van der Waals surface area contributed by atoms with Crippen LogP contribution in [0.5, 0.6) is 0 Å². The smallest absolute Gasteiger partial charge is 0.407 e. The molecule has 2 N–H and O–H groups in total. The highest BCUT2D eigenvalue weighted by Gasteiger charge is 2.23. The SMILES string of the molecule is CC(CC1CC1)NCc1ccc(CNC(=O)OC(C)(C)C)cc1. The van der Waals surface area contributed by atoms with Gasteiger partial charge >= 0.3 is 6.09 Å². The fourth-order valence-electron chi connectivity index (χ4n) is 2.49. The lowest BCUT2D eigenvalue weighted by molar-refractivity contribution is 0.0523. The second-order valence-electron chi connectivity index (χ2n) is 7.63. The van der Waals surface area contributed by atoms with E-state index < -0.39 is 5.60 Å². The van der Waals surface area contributed by atoms with Gasteiger partial charge in [-0.15, -0.1) is 0 Å². The van der Waals surface area contributed by atoms with Crippen LogP contribution in [0.1, 0.15) is 58.1 Å². The molecule has 1 aromatic rings. The summed E-state index contributed by atoms with van der Waals surface area (Å²) in [5, 5.41) is 6.35. The van der Waals surface area contributed by atoms with E-state index in [1.807, 2.05) is 20.8 Å².